The molecule has 2 rings (SSSR count). The number of aromatic nitrogens is 2. The van der Waals surface area contributed by atoms with Crippen molar-refractivity contribution in [2.75, 3.05) is 5.73 Å². The van der Waals surface area contributed by atoms with Crippen molar-refractivity contribution >= 4 is 11.9 Å². The molecule has 21 heavy (non-hydrogen) atoms. The summed E-state index contributed by atoms with van der Waals surface area (Å²) in [7, 11) is 0. The summed E-state index contributed by atoms with van der Waals surface area (Å²) in [5.41, 5.74) is 7.73. The zero-order chi connectivity index (χ0) is 15.4. The van der Waals surface area contributed by atoms with Crippen LogP contribution < -0.4 is 10.5 Å². The minimum absolute atomic E-state index is 0.195. The molecule has 0 aliphatic rings. The van der Waals surface area contributed by atoms with Crippen molar-refractivity contribution in [2.24, 2.45) is 0 Å². The number of nitrogens with zero attached hydrogens (tertiary/aromatic N) is 2. The summed E-state index contributed by atoms with van der Waals surface area (Å²) >= 11 is 0. The Morgan fingerprint density at radius 2 is 1.90 bits per heavy atom. The molecule has 1 aromatic heterocycles. The molecule has 0 amide bonds. The molecule has 1 aromatic carbocycles. The number of ether oxygens (including phenoxy) is 1. The van der Waals surface area contributed by atoms with Gasteiger partial charge in [-0.05, 0) is 19.9 Å². The first-order valence-electron chi connectivity index (χ1n) is 7.06. The van der Waals surface area contributed by atoms with Crippen LogP contribution in [0.1, 0.15) is 43.6 Å². The van der Waals surface area contributed by atoms with E-state index in [1.165, 1.54) is 0 Å². The molecule has 110 valence electrons. The van der Waals surface area contributed by atoms with Crippen LogP contribution in [0.15, 0.2) is 30.3 Å². The third-order valence-corrected chi connectivity index (χ3v) is 3.14. The van der Waals surface area contributed by atoms with Gasteiger partial charge in [-0.3, -0.25) is 0 Å². The topological polar surface area (TPSA) is 61.0 Å². The van der Waals surface area contributed by atoms with E-state index in [1.54, 1.807) is 0 Å². The summed E-state index contributed by atoms with van der Waals surface area (Å²) in [6.07, 6.45) is 3.97. The molecule has 0 saturated heterocycles. The van der Waals surface area contributed by atoms with Crippen LogP contribution in [-0.2, 0) is 0 Å². The van der Waals surface area contributed by atoms with Gasteiger partial charge in [-0.1, -0.05) is 44.2 Å². The predicted molar refractivity (Wildman–Crippen MR) is 86.5 cm³/mol. The molecule has 0 spiro atoms. The number of hydrogen-bond donors (Lipinski definition) is 1. The monoisotopic (exact) mass is 283 g/mol. The van der Waals surface area contributed by atoms with Crippen molar-refractivity contribution in [1.82, 2.24) is 9.97 Å². The van der Waals surface area contributed by atoms with Crippen molar-refractivity contribution < 1.29 is 4.74 Å². The maximum Gasteiger partial charge on any atom is 0.227 e. The van der Waals surface area contributed by atoms with Gasteiger partial charge < -0.3 is 10.5 Å². The van der Waals surface area contributed by atoms with E-state index in [2.05, 4.69) is 9.97 Å². The number of allylic oxidation sites excluding steroid dienone is 1. The number of nitrogen functional groups attached to an aromatic ring is 1. The van der Waals surface area contributed by atoms with Crippen LogP contribution in [0.3, 0.4) is 0 Å². The average Bonchev–Trinajstić information content (AvgIpc) is 2.45. The van der Waals surface area contributed by atoms with E-state index in [0.717, 1.165) is 16.9 Å². The summed E-state index contributed by atoms with van der Waals surface area (Å²) in [6, 6.07) is 7.83. The fraction of sp³-hybridized carbons (Fsp3) is 0.294. The molecule has 1 heterocycles. The molecule has 0 bridgehead atoms. The Bertz CT molecular complexity index is 663. The SMILES string of the molecule is C/C=C/c1ccccc1Oc1nc(C(C)C)nc(N)c1C. The first kappa shape index (κ1) is 15.0. The molecule has 0 aliphatic carbocycles. The Morgan fingerprint density at radius 3 is 2.57 bits per heavy atom. The van der Waals surface area contributed by atoms with Gasteiger partial charge in [0.25, 0.3) is 0 Å². The summed E-state index contributed by atoms with van der Waals surface area (Å²) < 4.78 is 5.98. The van der Waals surface area contributed by atoms with Crippen LogP contribution in [0.4, 0.5) is 5.82 Å². The Hall–Kier alpha value is -2.36. The second-order valence-corrected chi connectivity index (χ2v) is 5.19. The van der Waals surface area contributed by atoms with Crippen molar-refractivity contribution in [1.29, 1.82) is 0 Å². The van der Waals surface area contributed by atoms with Gasteiger partial charge in [0.05, 0.1) is 5.56 Å². The lowest BCUT2D eigenvalue weighted by molar-refractivity contribution is 0.452. The molecule has 0 unspecified atom stereocenters. The highest BCUT2D eigenvalue weighted by Crippen LogP contribution is 2.30. The number of benzene rings is 1. The molecule has 0 saturated carbocycles. The van der Waals surface area contributed by atoms with Crippen LogP contribution in [0.2, 0.25) is 0 Å². The molecule has 2 N–H and O–H groups in total. The molecule has 4 nitrogen and oxygen atoms in total. The van der Waals surface area contributed by atoms with Gasteiger partial charge in [0, 0.05) is 11.5 Å². The van der Waals surface area contributed by atoms with E-state index in [-0.39, 0.29) is 5.92 Å². The number of nitrogens with two attached hydrogens (primary N) is 1. The lowest BCUT2D eigenvalue weighted by atomic mass is 10.2. The van der Waals surface area contributed by atoms with E-state index in [0.29, 0.717) is 17.5 Å². The van der Waals surface area contributed by atoms with Crippen LogP contribution >= 0.6 is 0 Å². The fourth-order valence-electron chi connectivity index (χ4n) is 1.88. The van der Waals surface area contributed by atoms with Crippen LogP contribution in [-0.4, -0.2) is 9.97 Å². The smallest absolute Gasteiger partial charge is 0.227 e. The zero-order valence-electron chi connectivity index (χ0n) is 12.9. The van der Waals surface area contributed by atoms with Gasteiger partial charge >= 0.3 is 0 Å². The molecule has 4 heteroatoms. The minimum atomic E-state index is 0.195. The first-order chi connectivity index (χ1) is 10.0. The van der Waals surface area contributed by atoms with E-state index < -0.39 is 0 Å². The molecule has 0 radical (unpaired) electrons. The summed E-state index contributed by atoms with van der Waals surface area (Å²) in [4.78, 5) is 8.80. The Kier molecular flexibility index (Phi) is 4.58. The number of para-hydroxylation sites is 1. The van der Waals surface area contributed by atoms with Crippen LogP contribution in [0.5, 0.6) is 11.6 Å². The fourth-order valence-corrected chi connectivity index (χ4v) is 1.88. The van der Waals surface area contributed by atoms with Gasteiger partial charge in [-0.25, -0.2) is 4.98 Å². The third-order valence-electron chi connectivity index (χ3n) is 3.14. The third kappa shape index (κ3) is 3.40. The highest BCUT2D eigenvalue weighted by atomic mass is 16.5. The second-order valence-electron chi connectivity index (χ2n) is 5.19. The minimum Gasteiger partial charge on any atom is -0.438 e. The summed E-state index contributed by atoms with van der Waals surface area (Å²) in [6.45, 7) is 7.90. The van der Waals surface area contributed by atoms with Gasteiger partial charge in [0.15, 0.2) is 0 Å². The molecule has 2 aromatic rings. The average molecular weight is 283 g/mol. The standard InChI is InChI=1S/C17H21N3O/c1-5-8-13-9-6-7-10-14(13)21-17-12(4)15(18)19-16(20-17)11(2)3/h5-11H,1-4H3,(H2,18,19,20)/b8-5+. The van der Waals surface area contributed by atoms with Crippen LogP contribution in [0, 0.1) is 6.92 Å². The maximum atomic E-state index is 5.98. The highest BCUT2D eigenvalue weighted by molar-refractivity contribution is 5.58. The lowest BCUT2D eigenvalue weighted by Gasteiger charge is -2.13. The summed E-state index contributed by atoms with van der Waals surface area (Å²) in [5, 5.41) is 0. The Balaban J connectivity index is 2.44. The van der Waals surface area contributed by atoms with Gasteiger partial charge in [0.1, 0.15) is 17.4 Å². The second kappa shape index (κ2) is 6.39. The highest BCUT2D eigenvalue weighted by Gasteiger charge is 2.13. The van der Waals surface area contributed by atoms with Crippen LogP contribution in [0.25, 0.3) is 6.08 Å². The molecular weight excluding hydrogens is 262 g/mol. The Morgan fingerprint density at radius 1 is 1.19 bits per heavy atom. The zero-order valence-corrected chi connectivity index (χ0v) is 12.9. The van der Waals surface area contributed by atoms with E-state index in [9.17, 15) is 0 Å². The maximum absolute atomic E-state index is 5.98. The van der Waals surface area contributed by atoms with E-state index in [1.807, 2.05) is 64.1 Å². The number of rotatable bonds is 4. The van der Waals surface area contributed by atoms with Crippen molar-refractivity contribution in [3.63, 3.8) is 0 Å². The summed E-state index contributed by atoms with van der Waals surface area (Å²) in [5.74, 6) is 2.62. The van der Waals surface area contributed by atoms with Gasteiger partial charge in [0.2, 0.25) is 5.88 Å². The molecule has 0 aliphatic heterocycles. The van der Waals surface area contributed by atoms with Crippen molar-refractivity contribution in [3.05, 3.63) is 47.3 Å². The first-order valence-corrected chi connectivity index (χ1v) is 7.06. The molecular formula is C17H21N3O. The van der Waals surface area contributed by atoms with Crippen molar-refractivity contribution in [2.45, 2.75) is 33.6 Å². The predicted octanol–water partition coefficient (Wildman–Crippen LogP) is 4.32. The number of anilines is 1. The molecule has 0 fully saturated rings. The lowest BCUT2D eigenvalue weighted by Crippen LogP contribution is -2.06. The van der Waals surface area contributed by atoms with Gasteiger partial charge in [-0.2, -0.15) is 4.98 Å². The molecule has 0 atom stereocenters. The quantitative estimate of drug-likeness (QED) is 0.908. The van der Waals surface area contributed by atoms with Gasteiger partial charge in [-0.15, -0.1) is 0 Å². The Labute approximate surface area is 125 Å². The van der Waals surface area contributed by atoms with Crippen molar-refractivity contribution in [3.8, 4) is 11.6 Å². The van der Waals surface area contributed by atoms with E-state index >= 15 is 0 Å². The van der Waals surface area contributed by atoms with E-state index in [4.69, 9.17) is 10.5 Å². The number of hydrogen-bond acceptors (Lipinski definition) is 4. The largest absolute Gasteiger partial charge is 0.438 e. The normalized spacial score (nSPS) is 11.3.